The minimum atomic E-state index is -0.220. The summed E-state index contributed by atoms with van der Waals surface area (Å²) in [7, 11) is 0. The lowest BCUT2D eigenvalue weighted by Gasteiger charge is -2.09. The van der Waals surface area contributed by atoms with E-state index in [9.17, 15) is 4.79 Å². The average Bonchev–Trinajstić information content (AvgIpc) is 3.13. The van der Waals surface area contributed by atoms with E-state index in [4.69, 9.17) is 17.3 Å². The molecule has 9 heteroatoms. The molecule has 0 aliphatic carbocycles. The summed E-state index contributed by atoms with van der Waals surface area (Å²) in [5.41, 5.74) is 9.83. The number of para-hydroxylation sites is 2. The van der Waals surface area contributed by atoms with Crippen LogP contribution in [0.4, 0.5) is 17.2 Å². The third-order valence-electron chi connectivity index (χ3n) is 4.56. The number of amides is 1. The van der Waals surface area contributed by atoms with Crippen LogP contribution in [0.15, 0.2) is 54.9 Å². The van der Waals surface area contributed by atoms with Crippen LogP contribution in [0.2, 0.25) is 5.28 Å². The highest BCUT2D eigenvalue weighted by Gasteiger charge is 2.13. The molecular weight excluding hydrogens is 402 g/mol. The predicted molar refractivity (Wildman–Crippen MR) is 119 cm³/mol. The fraction of sp³-hybridized carbons (Fsp3) is 0.143. The molecule has 0 bridgehead atoms. The molecule has 8 nitrogen and oxygen atoms in total. The number of rotatable bonds is 6. The van der Waals surface area contributed by atoms with Crippen LogP contribution in [0.1, 0.15) is 22.8 Å². The van der Waals surface area contributed by atoms with Gasteiger partial charge in [-0.3, -0.25) is 4.79 Å². The quantitative estimate of drug-likeness (QED) is 0.322. The Morgan fingerprint density at radius 1 is 1.13 bits per heavy atom. The topological polar surface area (TPSA) is 111 Å². The van der Waals surface area contributed by atoms with Gasteiger partial charge in [-0.05, 0) is 48.4 Å². The van der Waals surface area contributed by atoms with E-state index in [1.54, 1.807) is 30.6 Å². The van der Waals surface area contributed by atoms with Gasteiger partial charge in [0.15, 0.2) is 17.0 Å². The molecule has 4 aromatic rings. The van der Waals surface area contributed by atoms with Crippen LogP contribution in [0.5, 0.6) is 0 Å². The Hall–Kier alpha value is -3.65. The van der Waals surface area contributed by atoms with E-state index >= 15 is 0 Å². The van der Waals surface area contributed by atoms with Gasteiger partial charge in [-0.2, -0.15) is 9.97 Å². The SMILES string of the molecule is CCNc1nc(Cl)nc2c1ncn2Cc1ccc(C(=O)Nc2ccccc2N)cc1. The van der Waals surface area contributed by atoms with E-state index in [0.29, 0.717) is 47.0 Å². The number of benzene rings is 2. The Morgan fingerprint density at radius 2 is 1.90 bits per heavy atom. The monoisotopic (exact) mass is 421 g/mol. The zero-order valence-electron chi connectivity index (χ0n) is 16.3. The molecule has 2 aromatic heterocycles. The van der Waals surface area contributed by atoms with Gasteiger partial charge in [-0.1, -0.05) is 24.3 Å². The molecule has 0 spiro atoms. The maximum Gasteiger partial charge on any atom is 0.255 e. The summed E-state index contributed by atoms with van der Waals surface area (Å²) in [5, 5.41) is 6.13. The van der Waals surface area contributed by atoms with Gasteiger partial charge in [0.1, 0.15) is 0 Å². The van der Waals surface area contributed by atoms with Gasteiger partial charge in [0.2, 0.25) is 5.28 Å². The number of anilines is 3. The zero-order chi connectivity index (χ0) is 21.1. The number of nitrogens with zero attached hydrogens (tertiary/aromatic N) is 4. The molecule has 4 N–H and O–H groups in total. The van der Waals surface area contributed by atoms with Crippen molar-refractivity contribution >= 4 is 45.9 Å². The number of nitrogens with two attached hydrogens (primary N) is 1. The number of nitrogens with one attached hydrogen (secondary N) is 2. The lowest BCUT2D eigenvalue weighted by Crippen LogP contribution is -2.13. The third kappa shape index (κ3) is 4.04. The molecule has 0 saturated heterocycles. The van der Waals surface area contributed by atoms with Crippen molar-refractivity contribution in [3.05, 3.63) is 71.3 Å². The van der Waals surface area contributed by atoms with Crippen LogP contribution in [0.25, 0.3) is 11.2 Å². The number of carbonyl (C=O) groups is 1. The van der Waals surface area contributed by atoms with Crippen LogP contribution in [0, 0.1) is 0 Å². The van der Waals surface area contributed by atoms with Gasteiger partial charge in [0, 0.05) is 12.1 Å². The second-order valence-electron chi connectivity index (χ2n) is 6.65. The lowest BCUT2D eigenvalue weighted by atomic mass is 10.1. The summed E-state index contributed by atoms with van der Waals surface area (Å²) in [6.45, 7) is 3.21. The predicted octanol–water partition coefficient (Wildman–Crippen LogP) is 3.79. The first-order chi connectivity index (χ1) is 14.5. The minimum absolute atomic E-state index is 0.160. The van der Waals surface area contributed by atoms with Crippen LogP contribution < -0.4 is 16.4 Å². The van der Waals surface area contributed by atoms with E-state index in [1.165, 1.54) is 0 Å². The highest BCUT2D eigenvalue weighted by atomic mass is 35.5. The van der Waals surface area contributed by atoms with Crippen molar-refractivity contribution in [3.8, 4) is 0 Å². The van der Waals surface area contributed by atoms with Crippen molar-refractivity contribution in [2.75, 3.05) is 22.9 Å². The summed E-state index contributed by atoms with van der Waals surface area (Å²) >= 11 is 6.07. The van der Waals surface area contributed by atoms with Gasteiger partial charge < -0.3 is 20.9 Å². The first-order valence-electron chi connectivity index (χ1n) is 9.42. The zero-order valence-corrected chi connectivity index (χ0v) is 17.0. The Bertz CT molecular complexity index is 1200. The Labute approximate surface area is 178 Å². The molecule has 0 atom stereocenters. The van der Waals surface area contributed by atoms with E-state index in [-0.39, 0.29) is 11.2 Å². The van der Waals surface area contributed by atoms with Crippen LogP contribution in [-0.2, 0) is 6.54 Å². The van der Waals surface area contributed by atoms with E-state index in [0.717, 1.165) is 5.56 Å². The number of hydrogen-bond donors (Lipinski definition) is 3. The number of hydrogen-bond acceptors (Lipinski definition) is 6. The molecule has 2 aromatic carbocycles. The second-order valence-corrected chi connectivity index (χ2v) is 6.99. The van der Waals surface area contributed by atoms with Gasteiger partial charge >= 0.3 is 0 Å². The van der Waals surface area contributed by atoms with Crippen molar-refractivity contribution in [2.45, 2.75) is 13.5 Å². The molecule has 30 heavy (non-hydrogen) atoms. The Morgan fingerprint density at radius 3 is 2.63 bits per heavy atom. The molecule has 0 fully saturated rings. The van der Waals surface area contributed by atoms with Crippen LogP contribution in [0.3, 0.4) is 0 Å². The molecule has 1 amide bonds. The summed E-state index contributed by atoms with van der Waals surface area (Å²) in [6.07, 6.45) is 1.70. The largest absolute Gasteiger partial charge is 0.397 e. The standard InChI is InChI=1S/C21H20ClN7O/c1-2-24-18-17-19(28-21(22)27-18)29(12-25-17)11-13-7-9-14(10-8-13)20(30)26-16-6-4-3-5-15(16)23/h3-10,12H,2,11,23H2,1H3,(H,26,30)(H,24,27,28). The molecule has 2 heterocycles. The first kappa shape index (κ1) is 19.7. The Kier molecular flexibility index (Phi) is 5.49. The summed E-state index contributed by atoms with van der Waals surface area (Å²) in [6, 6.07) is 14.5. The van der Waals surface area contributed by atoms with E-state index in [1.807, 2.05) is 35.8 Å². The van der Waals surface area contributed by atoms with Crippen LogP contribution >= 0.6 is 11.6 Å². The molecule has 0 radical (unpaired) electrons. The minimum Gasteiger partial charge on any atom is -0.397 e. The summed E-state index contributed by atoms with van der Waals surface area (Å²) < 4.78 is 1.89. The van der Waals surface area contributed by atoms with Crippen molar-refractivity contribution in [2.24, 2.45) is 0 Å². The van der Waals surface area contributed by atoms with Crippen molar-refractivity contribution in [1.82, 2.24) is 19.5 Å². The van der Waals surface area contributed by atoms with Crippen molar-refractivity contribution in [1.29, 1.82) is 0 Å². The molecule has 0 saturated carbocycles. The van der Waals surface area contributed by atoms with E-state index < -0.39 is 0 Å². The number of aromatic nitrogens is 4. The molecule has 0 aliphatic heterocycles. The second kappa shape index (κ2) is 8.38. The highest BCUT2D eigenvalue weighted by molar-refractivity contribution is 6.28. The third-order valence-corrected chi connectivity index (χ3v) is 4.73. The van der Waals surface area contributed by atoms with Crippen LogP contribution in [-0.4, -0.2) is 32.0 Å². The van der Waals surface area contributed by atoms with Crippen molar-refractivity contribution in [3.63, 3.8) is 0 Å². The smallest absolute Gasteiger partial charge is 0.255 e. The maximum atomic E-state index is 12.5. The average molecular weight is 422 g/mol. The van der Waals surface area contributed by atoms with Gasteiger partial charge in [-0.25, -0.2) is 4.98 Å². The summed E-state index contributed by atoms with van der Waals surface area (Å²) in [4.78, 5) is 25.4. The fourth-order valence-electron chi connectivity index (χ4n) is 3.09. The number of carbonyl (C=O) groups excluding carboxylic acids is 1. The van der Waals surface area contributed by atoms with E-state index in [2.05, 4.69) is 25.6 Å². The fourth-order valence-corrected chi connectivity index (χ4v) is 3.25. The number of halogens is 1. The first-order valence-corrected chi connectivity index (χ1v) is 9.80. The summed E-state index contributed by atoms with van der Waals surface area (Å²) in [5.74, 6) is 0.390. The lowest BCUT2D eigenvalue weighted by molar-refractivity contribution is 0.102. The number of imidazole rings is 1. The maximum absolute atomic E-state index is 12.5. The van der Waals surface area contributed by atoms with Gasteiger partial charge in [0.05, 0.1) is 24.2 Å². The van der Waals surface area contributed by atoms with Crippen molar-refractivity contribution < 1.29 is 4.79 Å². The molecule has 152 valence electrons. The molecular formula is C21H20ClN7O. The van der Waals surface area contributed by atoms with Gasteiger partial charge in [0.25, 0.3) is 5.91 Å². The number of fused-ring (bicyclic) bond motifs is 1. The normalized spacial score (nSPS) is 10.9. The number of nitrogen functional groups attached to an aromatic ring is 1. The van der Waals surface area contributed by atoms with Gasteiger partial charge in [-0.15, -0.1) is 0 Å². The molecule has 0 aliphatic rings. The highest BCUT2D eigenvalue weighted by Crippen LogP contribution is 2.22. The Balaban J connectivity index is 1.53. The molecule has 4 rings (SSSR count). The molecule has 0 unspecified atom stereocenters.